The number of fused-ring (bicyclic) bond motifs is 1. The van der Waals surface area contributed by atoms with Crippen molar-refractivity contribution in [3.05, 3.63) is 58.0 Å². The summed E-state index contributed by atoms with van der Waals surface area (Å²) in [5.74, 6) is 0.0437. The van der Waals surface area contributed by atoms with Crippen molar-refractivity contribution in [3.8, 4) is 0 Å². The van der Waals surface area contributed by atoms with E-state index in [-0.39, 0.29) is 10.8 Å². The first-order valence-electron chi connectivity index (χ1n) is 9.32. The van der Waals surface area contributed by atoms with Crippen LogP contribution in [-0.2, 0) is 21.2 Å². The van der Waals surface area contributed by atoms with Crippen LogP contribution in [0.25, 0.3) is 10.2 Å². The number of hydrogen-bond donors (Lipinski definition) is 0. The monoisotopic (exact) mass is 493 g/mol. The van der Waals surface area contributed by atoms with Crippen LogP contribution in [0, 0.1) is 0 Å². The Morgan fingerprint density at radius 3 is 2.45 bits per heavy atom. The van der Waals surface area contributed by atoms with Crippen LogP contribution in [0.2, 0.25) is 0 Å². The van der Waals surface area contributed by atoms with Crippen molar-refractivity contribution in [2.75, 3.05) is 26.2 Å². The second-order valence-corrected chi connectivity index (χ2v) is 10.7. The number of aryl methyl sites for hydroxylation is 1. The Balaban J connectivity index is 1.34. The van der Waals surface area contributed by atoms with E-state index in [0.717, 1.165) is 15.2 Å². The Hall–Kier alpha value is -1.81. The van der Waals surface area contributed by atoms with Crippen LogP contribution in [0.4, 0.5) is 0 Å². The SMILES string of the molecule is O=C(CCc1nc2ccccc2s1)N1CCN(S(=O)(=O)c2ccccc2Br)CC1. The Morgan fingerprint density at radius 1 is 1.03 bits per heavy atom. The molecule has 0 aliphatic carbocycles. The summed E-state index contributed by atoms with van der Waals surface area (Å²) < 4.78 is 28.9. The van der Waals surface area contributed by atoms with E-state index < -0.39 is 10.0 Å². The van der Waals surface area contributed by atoms with Crippen LogP contribution in [0.15, 0.2) is 57.9 Å². The number of nitrogens with zero attached hydrogens (tertiary/aromatic N) is 3. The quantitative estimate of drug-likeness (QED) is 0.544. The molecule has 152 valence electrons. The molecular weight excluding hydrogens is 474 g/mol. The summed E-state index contributed by atoms with van der Waals surface area (Å²) in [4.78, 5) is 19.2. The molecule has 1 amide bonds. The molecular formula is C20H20BrN3O3S2. The van der Waals surface area contributed by atoms with Gasteiger partial charge < -0.3 is 4.90 Å². The zero-order valence-corrected chi connectivity index (χ0v) is 18.8. The molecule has 0 radical (unpaired) electrons. The third kappa shape index (κ3) is 4.37. The number of aromatic nitrogens is 1. The summed E-state index contributed by atoms with van der Waals surface area (Å²) in [5, 5.41) is 0.953. The highest BCUT2D eigenvalue weighted by atomic mass is 79.9. The van der Waals surface area contributed by atoms with E-state index in [2.05, 4.69) is 20.9 Å². The van der Waals surface area contributed by atoms with Gasteiger partial charge in [-0.2, -0.15) is 4.31 Å². The molecule has 1 saturated heterocycles. The fraction of sp³-hybridized carbons (Fsp3) is 0.300. The average Bonchev–Trinajstić information content (AvgIpc) is 3.15. The summed E-state index contributed by atoms with van der Waals surface area (Å²) in [6.45, 7) is 1.41. The zero-order valence-electron chi connectivity index (χ0n) is 15.6. The molecule has 0 saturated carbocycles. The highest BCUT2D eigenvalue weighted by Gasteiger charge is 2.31. The van der Waals surface area contributed by atoms with Gasteiger partial charge in [0.25, 0.3) is 0 Å². The predicted octanol–water partition coefficient (Wildman–Crippen LogP) is 3.52. The second kappa shape index (κ2) is 8.51. The number of sulfonamides is 1. The van der Waals surface area contributed by atoms with E-state index in [9.17, 15) is 13.2 Å². The molecule has 1 aliphatic rings. The summed E-state index contributed by atoms with van der Waals surface area (Å²) in [6, 6.07) is 14.7. The topological polar surface area (TPSA) is 70.6 Å². The Labute approximate surface area is 182 Å². The number of amides is 1. The number of carbonyl (C=O) groups excluding carboxylic acids is 1. The predicted molar refractivity (Wildman–Crippen MR) is 117 cm³/mol. The van der Waals surface area contributed by atoms with Crippen LogP contribution in [0.5, 0.6) is 0 Å². The summed E-state index contributed by atoms with van der Waals surface area (Å²) in [5.41, 5.74) is 0.964. The molecule has 0 unspecified atom stereocenters. The van der Waals surface area contributed by atoms with Gasteiger partial charge in [0.2, 0.25) is 15.9 Å². The number of hydrogen-bond acceptors (Lipinski definition) is 5. The lowest BCUT2D eigenvalue weighted by atomic mass is 10.2. The molecule has 0 atom stereocenters. The molecule has 2 heterocycles. The number of para-hydroxylation sites is 1. The van der Waals surface area contributed by atoms with E-state index in [1.807, 2.05) is 24.3 Å². The lowest BCUT2D eigenvalue weighted by molar-refractivity contribution is -0.132. The third-order valence-corrected chi connectivity index (χ3v) is 8.94. The van der Waals surface area contributed by atoms with Crippen molar-refractivity contribution in [3.63, 3.8) is 0 Å². The molecule has 0 spiro atoms. The van der Waals surface area contributed by atoms with Crippen molar-refractivity contribution in [2.24, 2.45) is 0 Å². The molecule has 6 nitrogen and oxygen atoms in total. The Morgan fingerprint density at radius 2 is 1.72 bits per heavy atom. The summed E-state index contributed by atoms with van der Waals surface area (Å²) >= 11 is 4.93. The molecule has 1 aromatic heterocycles. The maximum atomic E-state index is 12.9. The number of thiazole rings is 1. The van der Waals surface area contributed by atoms with Crippen LogP contribution >= 0.6 is 27.3 Å². The van der Waals surface area contributed by atoms with Crippen LogP contribution in [0.3, 0.4) is 0 Å². The second-order valence-electron chi connectivity index (χ2n) is 6.79. The molecule has 0 N–H and O–H groups in total. The van der Waals surface area contributed by atoms with E-state index >= 15 is 0 Å². The minimum Gasteiger partial charge on any atom is -0.340 e. The number of rotatable bonds is 5. The Kier molecular flexibility index (Phi) is 6.00. The van der Waals surface area contributed by atoms with Crippen LogP contribution in [-0.4, -0.2) is 54.7 Å². The first-order chi connectivity index (χ1) is 13.9. The first-order valence-corrected chi connectivity index (χ1v) is 12.4. The van der Waals surface area contributed by atoms with E-state index in [0.29, 0.717) is 43.5 Å². The average molecular weight is 494 g/mol. The first kappa shape index (κ1) is 20.5. The molecule has 2 aromatic carbocycles. The fourth-order valence-electron chi connectivity index (χ4n) is 3.37. The number of carbonyl (C=O) groups is 1. The maximum Gasteiger partial charge on any atom is 0.244 e. The number of piperazine rings is 1. The van der Waals surface area contributed by atoms with E-state index in [1.165, 1.54) is 4.31 Å². The van der Waals surface area contributed by atoms with Gasteiger partial charge in [0.15, 0.2) is 0 Å². The normalized spacial score (nSPS) is 15.7. The molecule has 4 rings (SSSR count). The summed E-state index contributed by atoms with van der Waals surface area (Å²) in [6.07, 6.45) is 0.991. The summed E-state index contributed by atoms with van der Waals surface area (Å²) in [7, 11) is -3.57. The standard InChI is InChI=1S/C20H20BrN3O3S2/c21-15-5-1-4-8-18(15)29(26,27)24-13-11-23(12-14-24)20(25)10-9-19-22-16-6-2-3-7-17(16)28-19/h1-8H,9-14H2. The van der Waals surface area contributed by atoms with Gasteiger partial charge in [-0.3, -0.25) is 4.79 Å². The van der Waals surface area contributed by atoms with Crippen molar-refractivity contribution in [2.45, 2.75) is 17.7 Å². The van der Waals surface area contributed by atoms with Gasteiger partial charge in [-0.15, -0.1) is 11.3 Å². The van der Waals surface area contributed by atoms with E-state index in [1.54, 1.807) is 40.5 Å². The molecule has 29 heavy (non-hydrogen) atoms. The molecule has 9 heteroatoms. The third-order valence-electron chi connectivity index (χ3n) is 4.94. The zero-order chi connectivity index (χ0) is 20.4. The number of halogens is 1. The van der Waals surface area contributed by atoms with Crippen molar-refractivity contribution in [1.82, 2.24) is 14.2 Å². The van der Waals surface area contributed by atoms with Gasteiger partial charge >= 0.3 is 0 Å². The van der Waals surface area contributed by atoms with Gasteiger partial charge in [-0.25, -0.2) is 13.4 Å². The van der Waals surface area contributed by atoms with Crippen molar-refractivity contribution in [1.29, 1.82) is 0 Å². The van der Waals surface area contributed by atoms with Gasteiger partial charge in [0.05, 0.1) is 20.1 Å². The highest BCUT2D eigenvalue weighted by molar-refractivity contribution is 9.10. The van der Waals surface area contributed by atoms with Crippen LogP contribution in [0.1, 0.15) is 11.4 Å². The Bertz CT molecular complexity index is 1110. The lowest BCUT2D eigenvalue weighted by Crippen LogP contribution is -2.50. The molecule has 1 aliphatic heterocycles. The van der Waals surface area contributed by atoms with E-state index in [4.69, 9.17) is 0 Å². The number of benzene rings is 2. The molecule has 0 bridgehead atoms. The lowest BCUT2D eigenvalue weighted by Gasteiger charge is -2.34. The minimum absolute atomic E-state index is 0.0437. The highest BCUT2D eigenvalue weighted by Crippen LogP contribution is 2.26. The molecule has 1 fully saturated rings. The van der Waals surface area contributed by atoms with Gasteiger partial charge in [0, 0.05) is 43.5 Å². The van der Waals surface area contributed by atoms with Gasteiger partial charge in [0.1, 0.15) is 0 Å². The van der Waals surface area contributed by atoms with Gasteiger partial charge in [-0.1, -0.05) is 24.3 Å². The van der Waals surface area contributed by atoms with Crippen molar-refractivity contribution < 1.29 is 13.2 Å². The fourth-order valence-corrected chi connectivity index (χ4v) is 6.72. The van der Waals surface area contributed by atoms with Crippen molar-refractivity contribution >= 4 is 53.4 Å². The van der Waals surface area contributed by atoms with Crippen LogP contribution < -0.4 is 0 Å². The smallest absolute Gasteiger partial charge is 0.244 e. The molecule has 3 aromatic rings. The largest absolute Gasteiger partial charge is 0.340 e. The maximum absolute atomic E-state index is 12.9. The minimum atomic E-state index is -3.57. The van der Waals surface area contributed by atoms with Gasteiger partial charge in [-0.05, 0) is 40.2 Å².